The van der Waals surface area contributed by atoms with Crippen LogP contribution in [0.4, 0.5) is 0 Å². The first-order valence-electron chi connectivity index (χ1n) is 19.5. The molecule has 0 amide bonds. The summed E-state index contributed by atoms with van der Waals surface area (Å²) in [5.74, 6) is 1.22. The van der Waals surface area contributed by atoms with Crippen LogP contribution in [0, 0.1) is 17.8 Å². The molecule has 0 bridgehead atoms. The van der Waals surface area contributed by atoms with Gasteiger partial charge in [-0.05, 0) is 55.0 Å². The number of benzene rings is 4. The van der Waals surface area contributed by atoms with E-state index in [2.05, 4.69) is 197 Å². The number of cyclic esters (lactones) is 1. The molecule has 53 heavy (non-hydrogen) atoms. The fourth-order valence-corrected chi connectivity index (χ4v) is 17.9. The smallest absolute Gasteiger partial charge is 0.334 e. The summed E-state index contributed by atoms with van der Waals surface area (Å²) < 4.78 is 21.8. The first-order valence-corrected chi connectivity index (χ1v) is 23.3. The molecule has 1 saturated heterocycles. The first-order chi connectivity index (χ1) is 25.1. The van der Waals surface area contributed by atoms with E-state index in [0.717, 1.165) is 12.0 Å². The van der Waals surface area contributed by atoms with Gasteiger partial charge in [-0.15, -0.1) is 0 Å². The minimum absolute atomic E-state index is 0.222. The number of allylic oxidation sites excluding steroid dienone is 1. The van der Waals surface area contributed by atoms with Gasteiger partial charge in [0.25, 0.3) is 16.6 Å². The van der Waals surface area contributed by atoms with Crippen molar-refractivity contribution >= 4 is 43.4 Å². The van der Waals surface area contributed by atoms with Crippen LogP contribution in [0.3, 0.4) is 0 Å². The number of carbonyl (C=O) groups excluding carboxylic acids is 1. The van der Waals surface area contributed by atoms with Gasteiger partial charge in [0.1, 0.15) is 0 Å². The van der Waals surface area contributed by atoms with Crippen molar-refractivity contribution in [2.75, 3.05) is 13.2 Å². The Kier molecular flexibility index (Phi) is 12.6. The molecule has 0 spiro atoms. The molecule has 0 unspecified atom stereocenters. The largest absolute Gasteiger partial charge is 0.451 e. The Hall–Kier alpha value is -3.56. The lowest BCUT2D eigenvalue weighted by Crippen LogP contribution is -2.69. The normalized spacial score (nSPS) is 16.2. The number of hydrogen-bond donors (Lipinski definition) is 0. The number of ether oxygens (including phenoxy) is 1. The molecule has 0 aliphatic carbocycles. The van der Waals surface area contributed by atoms with Gasteiger partial charge in [-0.2, -0.15) is 0 Å². The SMILES string of the molecule is CC(C)C(C/C=C1/CC(CO[Si](c2ccccc2)(c2ccccc2)C(C)(C)C)(CO[Si](c2ccccc2)(c2ccccc2)C(C)(C)C)OC1=O)C(C)C. The molecule has 0 aromatic heterocycles. The maximum Gasteiger partial charge on any atom is 0.334 e. The van der Waals surface area contributed by atoms with Crippen molar-refractivity contribution in [3.05, 3.63) is 133 Å². The van der Waals surface area contributed by atoms with Crippen LogP contribution in [0.2, 0.25) is 10.1 Å². The highest BCUT2D eigenvalue weighted by atomic mass is 28.4. The highest BCUT2D eigenvalue weighted by Crippen LogP contribution is 2.42. The second-order valence-corrected chi connectivity index (χ2v) is 26.4. The molecular formula is C47H62O4Si2. The maximum atomic E-state index is 14.1. The maximum absolute atomic E-state index is 14.1. The van der Waals surface area contributed by atoms with E-state index in [4.69, 9.17) is 13.6 Å². The standard InChI is InChI=1S/C47H62O4Si2/c1-36(2)43(37(3)4)32-31-38-33-47(51-44(38)48,34-49-52(45(5,6)7,39-23-15-11-16-24-39)40-25-17-12-18-26-40)35-50-53(46(8,9)10,41-27-19-13-20-28-41)42-29-21-14-22-30-42/h11-31,36-37,43H,32-35H2,1-10H3/b38-31-. The molecule has 4 nitrogen and oxygen atoms in total. The predicted octanol–water partition coefficient (Wildman–Crippen LogP) is 9.07. The van der Waals surface area contributed by atoms with Gasteiger partial charge in [0, 0.05) is 12.0 Å². The molecule has 0 radical (unpaired) electrons. The zero-order valence-corrected chi connectivity index (χ0v) is 35.8. The number of esters is 1. The molecule has 1 fully saturated rings. The predicted molar refractivity (Wildman–Crippen MR) is 226 cm³/mol. The summed E-state index contributed by atoms with van der Waals surface area (Å²) in [7, 11) is -5.94. The van der Waals surface area contributed by atoms with E-state index in [1.165, 1.54) is 20.7 Å². The third kappa shape index (κ3) is 8.41. The van der Waals surface area contributed by atoms with Gasteiger partial charge in [0.15, 0.2) is 5.60 Å². The summed E-state index contributed by atoms with van der Waals surface area (Å²) in [6.45, 7) is 23.3. The van der Waals surface area contributed by atoms with E-state index < -0.39 is 22.2 Å². The summed E-state index contributed by atoms with van der Waals surface area (Å²) in [6, 6.07) is 42.8. The summed E-state index contributed by atoms with van der Waals surface area (Å²) in [6.07, 6.45) is 3.42. The van der Waals surface area contributed by atoms with Crippen LogP contribution in [-0.2, 0) is 18.4 Å². The van der Waals surface area contributed by atoms with Gasteiger partial charge >= 0.3 is 5.97 Å². The fraction of sp³-hybridized carbons (Fsp3) is 0.426. The monoisotopic (exact) mass is 746 g/mol. The third-order valence-corrected chi connectivity index (χ3v) is 21.3. The second kappa shape index (κ2) is 16.4. The molecule has 0 atom stereocenters. The fourth-order valence-electron chi connectivity index (χ4n) is 8.67. The summed E-state index contributed by atoms with van der Waals surface area (Å²) >= 11 is 0. The lowest BCUT2D eigenvalue weighted by Gasteiger charge is -2.46. The van der Waals surface area contributed by atoms with Gasteiger partial charge in [0.05, 0.1) is 13.2 Å². The molecule has 4 aromatic rings. The van der Waals surface area contributed by atoms with Crippen LogP contribution < -0.4 is 20.7 Å². The van der Waals surface area contributed by atoms with Crippen molar-refractivity contribution in [3.8, 4) is 0 Å². The second-order valence-electron chi connectivity index (χ2n) is 17.8. The Balaban J connectivity index is 1.65. The van der Waals surface area contributed by atoms with Crippen molar-refractivity contribution in [2.24, 2.45) is 17.8 Å². The number of rotatable bonds is 14. The average Bonchev–Trinajstić information content (AvgIpc) is 3.44. The molecular weight excluding hydrogens is 685 g/mol. The first kappa shape index (κ1) is 40.6. The lowest BCUT2D eigenvalue weighted by molar-refractivity contribution is -0.152. The van der Waals surface area contributed by atoms with Crippen molar-refractivity contribution in [2.45, 2.75) is 97.8 Å². The van der Waals surface area contributed by atoms with Gasteiger partial charge in [-0.1, -0.05) is 197 Å². The number of carbonyl (C=O) groups is 1. The zero-order chi connectivity index (χ0) is 38.5. The Morgan fingerprint density at radius 2 is 0.925 bits per heavy atom. The van der Waals surface area contributed by atoms with Crippen molar-refractivity contribution < 1.29 is 18.4 Å². The van der Waals surface area contributed by atoms with Crippen LogP contribution in [0.5, 0.6) is 0 Å². The highest BCUT2D eigenvalue weighted by Gasteiger charge is 2.56. The van der Waals surface area contributed by atoms with Crippen LogP contribution in [0.15, 0.2) is 133 Å². The lowest BCUT2D eigenvalue weighted by atomic mass is 9.82. The quantitative estimate of drug-likeness (QED) is 0.0734. The van der Waals surface area contributed by atoms with Crippen molar-refractivity contribution in [1.29, 1.82) is 0 Å². The van der Waals surface area contributed by atoms with E-state index in [1.54, 1.807) is 0 Å². The molecule has 4 aromatic carbocycles. The molecule has 5 rings (SSSR count). The molecule has 282 valence electrons. The molecule has 6 heteroatoms. The third-order valence-electron chi connectivity index (χ3n) is 11.4. The molecule has 1 heterocycles. The Labute approximate surface area is 322 Å². The van der Waals surface area contributed by atoms with E-state index in [9.17, 15) is 4.79 Å². The van der Waals surface area contributed by atoms with Gasteiger partial charge < -0.3 is 13.6 Å². The molecule has 0 saturated carbocycles. The van der Waals surface area contributed by atoms with Crippen LogP contribution >= 0.6 is 0 Å². The molecule has 1 aliphatic heterocycles. The zero-order valence-electron chi connectivity index (χ0n) is 33.8. The summed E-state index contributed by atoms with van der Waals surface area (Å²) in [4.78, 5) is 14.1. The van der Waals surface area contributed by atoms with Crippen LogP contribution in [0.25, 0.3) is 0 Å². The minimum Gasteiger partial charge on any atom is -0.451 e. The minimum atomic E-state index is -2.97. The molecule has 1 aliphatic rings. The highest BCUT2D eigenvalue weighted by molar-refractivity contribution is 7.00. The van der Waals surface area contributed by atoms with E-state index in [0.29, 0.717) is 24.2 Å². The Bertz CT molecular complexity index is 1600. The van der Waals surface area contributed by atoms with Crippen molar-refractivity contribution in [3.63, 3.8) is 0 Å². The van der Waals surface area contributed by atoms with E-state index in [-0.39, 0.29) is 29.3 Å². The van der Waals surface area contributed by atoms with Crippen LogP contribution in [-0.4, -0.2) is 41.4 Å². The Morgan fingerprint density at radius 3 is 1.21 bits per heavy atom. The molecule has 0 N–H and O–H groups in total. The number of hydrogen-bond acceptors (Lipinski definition) is 4. The average molecular weight is 747 g/mol. The van der Waals surface area contributed by atoms with Crippen molar-refractivity contribution in [1.82, 2.24) is 0 Å². The van der Waals surface area contributed by atoms with Gasteiger partial charge in [0.2, 0.25) is 0 Å². The summed E-state index contributed by atoms with van der Waals surface area (Å²) in [5, 5.41) is 4.30. The van der Waals surface area contributed by atoms with Gasteiger partial charge in [-0.25, -0.2) is 4.79 Å². The topological polar surface area (TPSA) is 44.8 Å². The van der Waals surface area contributed by atoms with E-state index >= 15 is 0 Å². The van der Waals surface area contributed by atoms with Crippen LogP contribution in [0.1, 0.15) is 82.1 Å². The van der Waals surface area contributed by atoms with Gasteiger partial charge in [-0.3, -0.25) is 0 Å². The van der Waals surface area contributed by atoms with E-state index in [1.807, 2.05) is 0 Å². The summed E-state index contributed by atoms with van der Waals surface area (Å²) in [5.41, 5.74) is -0.290. The Morgan fingerprint density at radius 1 is 0.604 bits per heavy atom.